The van der Waals surface area contributed by atoms with Crippen LogP contribution in [0.25, 0.3) is 22.7 Å². The van der Waals surface area contributed by atoms with Crippen molar-refractivity contribution in [3.05, 3.63) is 60.0 Å². The minimum Gasteiger partial charge on any atom is -0.497 e. The van der Waals surface area contributed by atoms with Crippen LogP contribution in [0.3, 0.4) is 0 Å². The van der Waals surface area contributed by atoms with Crippen LogP contribution in [-0.2, 0) is 4.74 Å². The number of aryl methyl sites for hydroxylation is 1. The molecule has 2 aromatic carbocycles. The number of oxazole rings is 1. The number of benzene rings is 2. The second-order valence-electron chi connectivity index (χ2n) is 8.62. The molecule has 1 aliphatic rings. The van der Waals surface area contributed by atoms with E-state index in [-0.39, 0.29) is 5.82 Å². The van der Waals surface area contributed by atoms with Crippen LogP contribution in [0, 0.1) is 12.7 Å². The van der Waals surface area contributed by atoms with Crippen LogP contribution >= 0.6 is 0 Å². The molecule has 1 fully saturated rings. The number of nitrogens with one attached hydrogen (secondary N) is 2. The second-order valence-corrected chi connectivity index (χ2v) is 8.62. The van der Waals surface area contributed by atoms with Crippen LogP contribution < -0.4 is 20.3 Å². The Labute approximate surface area is 214 Å². The third-order valence-corrected chi connectivity index (χ3v) is 5.96. The van der Waals surface area contributed by atoms with Crippen molar-refractivity contribution < 1.29 is 18.3 Å². The van der Waals surface area contributed by atoms with E-state index in [4.69, 9.17) is 13.9 Å². The fourth-order valence-corrected chi connectivity index (χ4v) is 4.24. The number of morpholine rings is 1. The van der Waals surface area contributed by atoms with Gasteiger partial charge in [0.05, 0.1) is 26.0 Å². The fraction of sp³-hybridized carbons (Fsp3) is 0.296. The second kappa shape index (κ2) is 10.8. The Kier molecular flexibility index (Phi) is 7.18. The van der Waals surface area contributed by atoms with Crippen molar-refractivity contribution in [2.24, 2.45) is 0 Å². The first-order valence-electron chi connectivity index (χ1n) is 12.2. The van der Waals surface area contributed by atoms with Crippen LogP contribution in [0.1, 0.15) is 12.5 Å². The van der Waals surface area contributed by atoms with Gasteiger partial charge in [0, 0.05) is 37.1 Å². The van der Waals surface area contributed by atoms with Gasteiger partial charge in [0.1, 0.15) is 23.0 Å². The van der Waals surface area contributed by atoms with Gasteiger partial charge in [-0.2, -0.15) is 4.98 Å². The van der Waals surface area contributed by atoms with E-state index in [1.807, 2.05) is 43.0 Å². The maximum atomic E-state index is 14.9. The molecule has 3 heterocycles. The first-order chi connectivity index (χ1) is 18.0. The van der Waals surface area contributed by atoms with E-state index in [0.717, 1.165) is 16.9 Å². The number of methoxy groups -OCH3 is 1. The highest BCUT2D eigenvalue weighted by Crippen LogP contribution is 2.36. The van der Waals surface area contributed by atoms with E-state index in [1.54, 1.807) is 25.4 Å². The topological polar surface area (TPSA) is 97.6 Å². The summed E-state index contributed by atoms with van der Waals surface area (Å²) >= 11 is 0. The van der Waals surface area contributed by atoms with Crippen molar-refractivity contribution in [3.63, 3.8) is 0 Å². The highest BCUT2D eigenvalue weighted by atomic mass is 19.1. The molecule has 0 amide bonds. The number of rotatable bonds is 8. The molecule has 1 aliphatic heterocycles. The average Bonchev–Trinajstić information content (AvgIpc) is 3.33. The summed E-state index contributed by atoms with van der Waals surface area (Å²) in [5, 5.41) is 6.22. The minimum atomic E-state index is -0.316. The van der Waals surface area contributed by atoms with E-state index in [1.165, 1.54) is 6.07 Å². The number of nitrogens with zero attached hydrogens (tertiary/aromatic N) is 4. The summed E-state index contributed by atoms with van der Waals surface area (Å²) in [7, 11) is 1.63. The van der Waals surface area contributed by atoms with Crippen LogP contribution in [0.4, 0.5) is 27.7 Å². The smallest absolute Gasteiger partial charge is 0.295 e. The molecule has 0 spiro atoms. The SMILES string of the molecule is CCNc1nc(-c2cc(C)cc(OC)c2)c(-c2ccnc(Nc3ccc(N4CCOCC4)c(F)c3)n2)o1. The molecule has 4 aromatic rings. The van der Waals surface area contributed by atoms with Crippen molar-refractivity contribution in [3.8, 4) is 28.5 Å². The maximum absolute atomic E-state index is 14.9. The zero-order chi connectivity index (χ0) is 25.8. The summed E-state index contributed by atoms with van der Waals surface area (Å²) in [5.74, 6) is 1.21. The molecule has 9 nitrogen and oxygen atoms in total. The molecular weight excluding hydrogens is 475 g/mol. The lowest BCUT2D eigenvalue weighted by Crippen LogP contribution is -2.36. The minimum absolute atomic E-state index is 0.310. The number of anilines is 4. The standard InChI is InChI=1S/C27H29FN6O3/c1-4-29-27-33-24(18-13-17(2)14-20(15-18)35-3)25(37-27)22-7-8-30-26(32-22)31-19-5-6-23(21(28)16-19)34-9-11-36-12-10-34/h5-8,13-16H,4,9-12H2,1-3H3,(H,29,33)(H,30,31,32). The molecule has 192 valence electrons. The van der Waals surface area contributed by atoms with Crippen molar-refractivity contribution in [1.82, 2.24) is 15.0 Å². The van der Waals surface area contributed by atoms with Crippen molar-refractivity contribution in [1.29, 1.82) is 0 Å². The number of hydrogen-bond acceptors (Lipinski definition) is 9. The molecule has 0 atom stereocenters. The predicted octanol–water partition coefficient (Wildman–Crippen LogP) is 5.27. The molecule has 0 unspecified atom stereocenters. The van der Waals surface area contributed by atoms with Gasteiger partial charge >= 0.3 is 0 Å². The lowest BCUT2D eigenvalue weighted by atomic mass is 10.1. The monoisotopic (exact) mass is 504 g/mol. The van der Waals surface area contributed by atoms with Gasteiger partial charge in [0.2, 0.25) is 5.95 Å². The molecule has 2 N–H and O–H groups in total. The zero-order valence-corrected chi connectivity index (χ0v) is 21.0. The van der Waals surface area contributed by atoms with Gasteiger partial charge in [-0.05, 0) is 61.9 Å². The highest BCUT2D eigenvalue weighted by molar-refractivity contribution is 5.78. The van der Waals surface area contributed by atoms with Crippen molar-refractivity contribution >= 4 is 23.3 Å². The molecule has 0 radical (unpaired) electrons. The number of ether oxygens (including phenoxy) is 2. The first-order valence-corrected chi connectivity index (χ1v) is 12.2. The maximum Gasteiger partial charge on any atom is 0.295 e. The lowest BCUT2D eigenvalue weighted by molar-refractivity contribution is 0.122. The number of halogens is 1. The van der Waals surface area contributed by atoms with Gasteiger partial charge in [-0.3, -0.25) is 0 Å². The largest absolute Gasteiger partial charge is 0.497 e. The molecule has 5 rings (SSSR count). The van der Waals surface area contributed by atoms with Gasteiger partial charge in [0.25, 0.3) is 6.01 Å². The first kappa shape index (κ1) is 24.5. The third-order valence-electron chi connectivity index (χ3n) is 5.96. The van der Waals surface area contributed by atoms with E-state index in [9.17, 15) is 4.39 Å². The number of aromatic nitrogens is 3. The van der Waals surface area contributed by atoms with Gasteiger partial charge in [-0.25, -0.2) is 14.4 Å². The Balaban J connectivity index is 1.45. The molecule has 0 aliphatic carbocycles. The Morgan fingerprint density at radius 3 is 2.68 bits per heavy atom. The summed E-state index contributed by atoms with van der Waals surface area (Å²) in [6, 6.07) is 13.0. The zero-order valence-electron chi connectivity index (χ0n) is 21.0. The Hall–Kier alpha value is -4.18. The van der Waals surface area contributed by atoms with E-state index >= 15 is 0 Å². The van der Waals surface area contributed by atoms with E-state index < -0.39 is 0 Å². The van der Waals surface area contributed by atoms with Gasteiger partial charge in [-0.1, -0.05) is 0 Å². The molecule has 2 aromatic heterocycles. The van der Waals surface area contributed by atoms with Crippen LogP contribution in [-0.4, -0.2) is 54.9 Å². The van der Waals surface area contributed by atoms with Gasteiger partial charge < -0.3 is 29.4 Å². The predicted molar refractivity (Wildman–Crippen MR) is 141 cm³/mol. The summed E-state index contributed by atoms with van der Waals surface area (Å²) in [5.41, 5.74) is 4.13. The molecule has 37 heavy (non-hydrogen) atoms. The summed E-state index contributed by atoms with van der Waals surface area (Å²) in [4.78, 5) is 15.6. The highest BCUT2D eigenvalue weighted by Gasteiger charge is 2.20. The number of hydrogen-bond donors (Lipinski definition) is 2. The third kappa shape index (κ3) is 5.49. The average molecular weight is 505 g/mol. The lowest BCUT2D eigenvalue weighted by Gasteiger charge is -2.29. The Bertz CT molecular complexity index is 1390. The molecule has 0 bridgehead atoms. The van der Waals surface area contributed by atoms with E-state index in [2.05, 4.69) is 25.6 Å². The summed E-state index contributed by atoms with van der Waals surface area (Å²) in [6.45, 7) is 7.12. The van der Waals surface area contributed by atoms with Crippen LogP contribution in [0.5, 0.6) is 5.75 Å². The van der Waals surface area contributed by atoms with Crippen molar-refractivity contribution in [2.75, 3.05) is 55.5 Å². The molecule has 0 saturated carbocycles. The molecule has 10 heteroatoms. The van der Waals surface area contributed by atoms with Crippen LogP contribution in [0.2, 0.25) is 0 Å². The Morgan fingerprint density at radius 1 is 1.08 bits per heavy atom. The van der Waals surface area contributed by atoms with Gasteiger partial charge in [0.15, 0.2) is 5.76 Å². The van der Waals surface area contributed by atoms with E-state index in [0.29, 0.717) is 73.3 Å². The normalized spacial score (nSPS) is 13.5. The van der Waals surface area contributed by atoms with Gasteiger partial charge in [-0.15, -0.1) is 0 Å². The molecular formula is C27H29FN6O3. The van der Waals surface area contributed by atoms with Crippen molar-refractivity contribution in [2.45, 2.75) is 13.8 Å². The molecule has 1 saturated heterocycles. The quantitative estimate of drug-likeness (QED) is 0.333. The summed E-state index contributed by atoms with van der Waals surface area (Å²) < 4.78 is 31.8. The fourth-order valence-electron chi connectivity index (χ4n) is 4.24. The Morgan fingerprint density at radius 2 is 1.92 bits per heavy atom. The van der Waals surface area contributed by atoms with Crippen LogP contribution in [0.15, 0.2) is 53.1 Å². The summed E-state index contributed by atoms with van der Waals surface area (Å²) in [6.07, 6.45) is 1.62.